The number of carbonyl (C=O) groups is 5. The summed E-state index contributed by atoms with van der Waals surface area (Å²) in [6.07, 6.45) is -0.110. The van der Waals surface area contributed by atoms with E-state index in [1.54, 1.807) is 0 Å². The first-order valence-electron chi connectivity index (χ1n) is 9.51. The molecule has 0 aromatic carbocycles. The number of aliphatic carboxylic acids is 1. The summed E-state index contributed by atoms with van der Waals surface area (Å²) >= 11 is 0. The quantitative estimate of drug-likeness (QED) is 0.118. The van der Waals surface area contributed by atoms with Gasteiger partial charge in [0.1, 0.15) is 6.04 Å². The van der Waals surface area contributed by atoms with Crippen LogP contribution in [0.4, 0.5) is 0 Å². The monoisotopic (exact) mass is 432 g/mol. The molecule has 0 fully saturated rings. The van der Waals surface area contributed by atoms with Gasteiger partial charge in [-0.1, -0.05) is 6.42 Å². The minimum Gasteiger partial charge on any atom is -0.480 e. The average Bonchev–Trinajstić information content (AvgIpc) is 2.66. The maximum Gasteiger partial charge on any atom is 0.328 e. The van der Waals surface area contributed by atoms with Gasteiger partial charge < -0.3 is 43.4 Å². The van der Waals surface area contributed by atoms with E-state index in [2.05, 4.69) is 16.0 Å². The van der Waals surface area contributed by atoms with Crippen LogP contribution < -0.4 is 33.2 Å². The molecule has 4 amide bonds. The fraction of sp³-hybridized carbons (Fsp3) is 0.706. The number of carboxylic acids is 1. The van der Waals surface area contributed by atoms with E-state index in [9.17, 15) is 29.1 Å². The van der Waals surface area contributed by atoms with Gasteiger partial charge in [-0.2, -0.15) is 0 Å². The predicted octanol–water partition coefficient (Wildman–Crippen LogP) is -3.74. The summed E-state index contributed by atoms with van der Waals surface area (Å²) in [4.78, 5) is 58.5. The van der Waals surface area contributed by atoms with Gasteiger partial charge in [0, 0.05) is 6.42 Å². The number of aliphatic hydroxyl groups excluding tert-OH is 1. The third-order valence-electron chi connectivity index (χ3n) is 4.11. The summed E-state index contributed by atoms with van der Waals surface area (Å²) < 4.78 is 0. The van der Waals surface area contributed by atoms with E-state index >= 15 is 0 Å². The highest BCUT2D eigenvalue weighted by atomic mass is 16.4. The van der Waals surface area contributed by atoms with Crippen LogP contribution in [-0.2, 0) is 24.0 Å². The minimum absolute atomic E-state index is 0.203. The number of hydrogen-bond donors (Lipinski definition) is 8. The highest BCUT2D eigenvalue weighted by Crippen LogP contribution is 2.01. The minimum atomic E-state index is -1.61. The first kappa shape index (κ1) is 27.2. The Morgan fingerprint density at radius 1 is 1.00 bits per heavy atom. The Morgan fingerprint density at radius 2 is 1.63 bits per heavy atom. The van der Waals surface area contributed by atoms with Crippen molar-refractivity contribution in [2.45, 2.75) is 63.3 Å². The second-order valence-electron chi connectivity index (χ2n) is 6.80. The molecule has 13 heteroatoms. The fourth-order valence-corrected chi connectivity index (χ4v) is 2.38. The topological polar surface area (TPSA) is 240 Å². The average molecular weight is 432 g/mol. The van der Waals surface area contributed by atoms with Gasteiger partial charge >= 0.3 is 5.97 Å². The van der Waals surface area contributed by atoms with Crippen LogP contribution in [0.25, 0.3) is 0 Å². The molecule has 0 heterocycles. The van der Waals surface area contributed by atoms with Gasteiger partial charge in [0.15, 0.2) is 6.04 Å². The molecule has 0 aromatic heterocycles. The SMILES string of the molecule is CC(O)C(NC(=O)C(CCC(N)=O)NC(=O)CNC(=O)C(N)CCCCN)C(=O)O. The van der Waals surface area contributed by atoms with Gasteiger partial charge in [-0.15, -0.1) is 0 Å². The highest BCUT2D eigenvalue weighted by molar-refractivity contribution is 5.92. The lowest BCUT2D eigenvalue weighted by atomic mass is 10.1. The lowest BCUT2D eigenvalue weighted by Gasteiger charge is -2.22. The van der Waals surface area contributed by atoms with Gasteiger partial charge in [0.2, 0.25) is 23.6 Å². The summed E-state index contributed by atoms with van der Waals surface area (Å²) in [5.74, 6) is -4.45. The molecule has 0 saturated carbocycles. The molecular formula is C17H32N6O7. The van der Waals surface area contributed by atoms with Gasteiger partial charge in [0.05, 0.1) is 18.7 Å². The van der Waals surface area contributed by atoms with Crippen LogP contribution in [0.3, 0.4) is 0 Å². The van der Waals surface area contributed by atoms with Crippen LogP contribution in [0.1, 0.15) is 39.0 Å². The third-order valence-corrected chi connectivity index (χ3v) is 4.11. The number of rotatable bonds is 15. The number of amides is 4. The molecule has 0 aliphatic carbocycles. The van der Waals surface area contributed by atoms with Crippen LogP contribution in [-0.4, -0.2) is 77.1 Å². The van der Waals surface area contributed by atoms with E-state index < -0.39 is 60.4 Å². The van der Waals surface area contributed by atoms with Crippen molar-refractivity contribution >= 4 is 29.6 Å². The Labute approximate surface area is 174 Å². The maximum atomic E-state index is 12.3. The number of nitrogens with one attached hydrogen (secondary N) is 3. The Morgan fingerprint density at radius 3 is 2.13 bits per heavy atom. The van der Waals surface area contributed by atoms with Crippen LogP contribution in [0, 0.1) is 0 Å². The van der Waals surface area contributed by atoms with E-state index in [-0.39, 0.29) is 12.8 Å². The Kier molecular flexibility index (Phi) is 12.9. The van der Waals surface area contributed by atoms with Crippen LogP contribution in [0.2, 0.25) is 0 Å². The van der Waals surface area contributed by atoms with Crippen molar-refractivity contribution in [1.29, 1.82) is 0 Å². The molecule has 0 bridgehead atoms. The molecule has 4 atom stereocenters. The molecule has 30 heavy (non-hydrogen) atoms. The molecule has 0 aliphatic rings. The number of unbranched alkanes of at least 4 members (excludes halogenated alkanes) is 1. The standard InChI is InChI=1S/C17H32N6O7/c1-9(24)14(17(29)30)23-16(28)11(5-6-12(20)25)22-13(26)8-21-15(27)10(19)4-2-3-7-18/h9-11,14,24H,2-8,18-19H2,1H3,(H2,20,25)(H,21,27)(H,22,26)(H,23,28)(H,29,30). The van der Waals surface area contributed by atoms with Gasteiger partial charge in [0.25, 0.3) is 0 Å². The van der Waals surface area contributed by atoms with E-state index in [1.165, 1.54) is 6.92 Å². The zero-order valence-corrected chi connectivity index (χ0v) is 16.9. The van der Waals surface area contributed by atoms with Crippen molar-refractivity contribution in [3.8, 4) is 0 Å². The molecule has 0 rings (SSSR count). The normalized spacial score (nSPS) is 14.7. The van der Waals surface area contributed by atoms with Gasteiger partial charge in [-0.05, 0) is 32.7 Å². The lowest BCUT2D eigenvalue weighted by Crippen LogP contribution is -2.56. The zero-order valence-electron chi connectivity index (χ0n) is 16.9. The number of hydrogen-bond acceptors (Lipinski definition) is 8. The van der Waals surface area contributed by atoms with E-state index in [4.69, 9.17) is 22.3 Å². The third kappa shape index (κ3) is 11.3. The zero-order chi connectivity index (χ0) is 23.3. The Balaban J connectivity index is 4.84. The van der Waals surface area contributed by atoms with Crippen molar-refractivity contribution in [2.75, 3.05) is 13.1 Å². The highest BCUT2D eigenvalue weighted by Gasteiger charge is 2.29. The smallest absolute Gasteiger partial charge is 0.328 e. The summed E-state index contributed by atoms with van der Waals surface area (Å²) in [5, 5.41) is 25.2. The molecule has 11 N–H and O–H groups in total. The Bertz CT molecular complexity index is 613. The summed E-state index contributed by atoms with van der Waals surface area (Å²) in [6.45, 7) is 1.16. The first-order valence-corrected chi connectivity index (χ1v) is 9.51. The van der Waals surface area contributed by atoms with Crippen LogP contribution in [0.5, 0.6) is 0 Å². The summed E-state index contributed by atoms with van der Waals surface area (Å²) in [6, 6.07) is -3.74. The van der Waals surface area contributed by atoms with Crippen molar-refractivity contribution in [3.63, 3.8) is 0 Å². The number of nitrogens with two attached hydrogens (primary N) is 3. The van der Waals surface area contributed by atoms with Crippen LogP contribution >= 0.6 is 0 Å². The molecular weight excluding hydrogens is 400 g/mol. The Hall–Kier alpha value is -2.77. The molecule has 4 unspecified atom stereocenters. The van der Waals surface area contributed by atoms with Crippen molar-refractivity contribution in [1.82, 2.24) is 16.0 Å². The van der Waals surface area contributed by atoms with E-state index in [0.29, 0.717) is 25.8 Å². The fourth-order valence-electron chi connectivity index (χ4n) is 2.38. The lowest BCUT2D eigenvalue weighted by molar-refractivity contribution is -0.145. The van der Waals surface area contributed by atoms with E-state index in [0.717, 1.165) is 0 Å². The summed E-state index contributed by atoms with van der Waals surface area (Å²) in [5.41, 5.74) is 16.1. The molecule has 0 saturated heterocycles. The molecule has 13 nitrogen and oxygen atoms in total. The van der Waals surface area contributed by atoms with Crippen molar-refractivity contribution in [3.05, 3.63) is 0 Å². The summed E-state index contributed by atoms with van der Waals surface area (Å²) in [7, 11) is 0. The second kappa shape index (κ2) is 14.3. The largest absolute Gasteiger partial charge is 0.480 e. The second-order valence-corrected chi connectivity index (χ2v) is 6.80. The molecule has 0 radical (unpaired) electrons. The van der Waals surface area contributed by atoms with Gasteiger partial charge in [-0.25, -0.2) is 4.79 Å². The van der Waals surface area contributed by atoms with Crippen molar-refractivity contribution in [2.24, 2.45) is 17.2 Å². The number of carboxylic acid groups (broad SMARTS) is 1. The first-order chi connectivity index (χ1) is 14.0. The number of primary amides is 1. The van der Waals surface area contributed by atoms with Crippen molar-refractivity contribution < 1.29 is 34.2 Å². The maximum absolute atomic E-state index is 12.3. The molecule has 0 aliphatic heterocycles. The predicted molar refractivity (Wildman–Crippen MR) is 105 cm³/mol. The number of carbonyl (C=O) groups excluding carboxylic acids is 4. The number of aliphatic hydroxyl groups is 1. The molecule has 172 valence electrons. The van der Waals surface area contributed by atoms with E-state index in [1.807, 2.05) is 0 Å². The van der Waals surface area contributed by atoms with Gasteiger partial charge in [-0.3, -0.25) is 19.2 Å². The molecule has 0 aromatic rings. The van der Waals surface area contributed by atoms with Crippen LogP contribution in [0.15, 0.2) is 0 Å². The molecule has 0 spiro atoms.